The highest BCUT2D eigenvalue weighted by molar-refractivity contribution is 6.30. The molecule has 142 valence electrons. The van der Waals surface area contributed by atoms with E-state index in [1.165, 1.54) is 12.1 Å². The van der Waals surface area contributed by atoms with Gasteiger partial charge in [0, 0.05) is 29.3 Å². The normalized spacial score (nSPS) is 12.4. The van der Waals surface area contributed by atoms with E-state index in [9.17, 15) is 15.3 Å². The van der Waals surface area contributed by atoms with Gasteiger partial charge >= 0.3 is 0 Å². The van der Waals surface area contributed by atoms with Gasteiger partial charge in [0.2, 0.25) is 0 Å². The van der Waals surface area contributed by atoms with Crippen LogP contribution in [0.1, 0.15) is 23.6 Å². The number of anilines is 1. The van der Waals surface area contributed by atoms with Crippen LogP contribution in [-0.4, -0.2) is 15.8 Å². The van der Waals surface area contributed by atoms with E-state index in [0.717, 1.165) is 11.3 Å². The molecule has 0 saturated carbocycles. The standard InChI is InChI=1S/C21H18ClN3O3/c22-17-8-10-18(11-9-17)23-20(15-4-2-1-3-5-15)14-21(24-26)16-6-12-19(13-7-16)25(27)28/h1-13,20,23,26H,14H2/b24-21-. The highest BCUT2D eigenvalue weighted by Crippen LogP contribution is 2.26. The van der Waals surface area contributed by atoms with Crippen molar-refractivity contribution in [2.45, 2.75) is 12.5 Å². The fraction of sp³-hybridized carbons (Fsp3) is 0.0952. The summed E-state index contributed by atoms with van der Waals surface area (Å²) < 4.78 is 0. The van der Waals surface area contributed by atoms with Gasteiger partial charge in [-0.05, 0) is 47.5 Å². The molecule has 0 aliphatic heterocycles. The first-order chi connectivity index (χ1) is 13.6. The number of halogens is 1. The predicted molar refractivity (Wildman–Crippen MR) is 110 cm³/mol. The quantitative estimate of drug-likeness (QED) is 0.233. The molecule has 2 N–H and O–H groups in total. The third kappa shape index (κ3) is 4.86. The molecular formula is C21H18ClN3O3. The Morgan fingerprint density at radius 3 is 2.25 bits per heavy atom. The molecule has 0 aromatic heterocycles. The lowest BCUT2D eigenvalue weighted by Gasteiger charge is -2.21. The van der Waals surface area contributed by atoms with E-state index in [2.05, 4.69) is 10.5 Å². The van der Waals surface area contributed by atoms with Crippen LogP contribution >= 0.6 is 11.6 Å². The highest BCUT2D eigenvalue weighted by Gasteiger charge is 2.17. The molecule has 1 atom stereocenters. The first kappa shape index (κ1) is 19.4. The Hall–Kier alpha value is -3.38. The number of non-ortho nitro benzene ring substituents is 1. The fourth-order valence-electron chi connectivity index (χ4n) is 2.87. The van der Waals surface area contributed by atoms with Crippen molar-refractivity contribution in [1.29, 1.82) is 0 Å². The molecule has 7 heteroatoms. The van der Waals surface area contributed by atoms with Crippen molar-refractivity contribution in [1.82, 2.24) is 0 Å². The minimum absolute atomic E-state index is 0.0139. The average molecular weight is 396 g/mol. The van der Waals surface area contributed by atoms with Gasteiger partial charge < -0.3 is 10.5 Å². The van der Waals surface area contributed by atoms with Gasteiger partial charge in [-0.25, -0.2) is 0 Å². The van der Waals surface area contributed by atoms with Gasteiger partial charge in [0.05, 0.1) is 16.7 Å². The minimum Gasteiger partial charge on any atom is -0.411 e. The van der Waals surface area contributed by atoms with E-state index in [-0.39, 0.29) is 11.7 Å². The minimum atomic E-state index is -0.464. The maximum atomic E-state index is 10.8. The molecule has 0 aliphatic rings. The second kappa shape index (κ2) is 9.01. The van der Waals surface area contributed by atoms with Gasteiger partial charge in [-0.2, -0.15) is 0 Å². The van der Waals surface area contributed by atoms with Crippen LogP contribution in [0.5, 0.6) is 0 Å². The number of hydrogen-bond donors (Lipinski definition) is 2. The lowest BCUT2D eigenvalue weighted by molar-refractivity contribution is -0.384. The summed E-state index contributed by atoms with van der Waals surface area (Å²) >= 11 is 5.96. The third-order valence-electron chi connectivity index (χ3n) is 4.32. The lowest BCUT2D eigenvalue weighted by Crippen LogP contribution is -2.16. The Bertz CT molecular complexity index is 958. The molecule has 0 amide bonds. The topological polar surface area (TPSA) is 87.8 Å². The number of hydrogen-bond acceptors (Lipinski definition) is 5. The molecule has 6 nitrogen and oxygen atoms in total. The number of nitrogens with one attached hydrogen (secondary N) is 1. The van der Waals surface area contributed by atoms with Crippen LogP contribution in [0, 0.1) is 10.1 Å². The maximum absolute atomic E-state index is 10.8. The molecule has 0 saturated heterocycles. The zero-order valence-corrected chi connectivity index (χ0v) is 15.6. The SMILES string of the molecule is O=[N+]([O-])c1ccc(/C(CC(Nc2ccc(Cl)cc2)c2ccccc2)=N\O)cc1. The van der Waals surface area contributed by atoms with E-state index >= 15 is 0 Å². The van der Waals surface area contributed by atoms with Crippen molar-refractivity contribution in [3.05, 3.63) is 105 Å². The van der Waals surface area contributed by atoms with E-state index in [1.807, 2.05) is 42.5 Å². The Balaban J connectivity index is 1.86. The predicted octanol–water partition coefficient (Wildman–Crippen LogP) is 5.67. The summed E-state index contributed by atoms with van der Waals surface area (Å²) in [7, 11) is 0. The van der Waals surface area contributed by atoms with Gasteiger partial charge in [-0.15, -0.1) is 0 Å². The number of benzene rings is 3. The van der Waals surface area contributed by atoms with Crippen LogP contribution in [-0.2, 0) is 0 Å². The van der Waals surface area contributed by atoms with Crippen LogP contribution in [0.3, 0.4) is 0 Å². The summed E-state index contributed by atoms with van der Waals surface area (Å²) in [5, 5.41) is 27.9. The second-order valence-electron chi connectivity index (χ2n) is 6.17. The molecule has 0 aliphatic carbocycles. The van der Waals surface area contributed by atoms with E-state index in [1.54, 1.807) is 24.3 Å². The van der Waals surface area contributed by atoms with Crippen molar-refractivity contribution >= 4 is 28.7 Å². The van der Waals surface area contributed by atoms with Crippen LogP contribution < -0.4 is 5.32 Å². The highest BCUT2D eigenvalue weighted by atomic mass is 35.5. The molecule has 28 heavy (non-hydrogen) atoms. The molecule has 0 fully saturated rings. The zero-order valence-electron chi connectivity index (χ0n) is 14.8. The maximum Gasteiger partial charge on any atom is 0.269 e. The van der Waals surface area contributed by atoms with Crippen LogP contribution in [0.4, 0.5) is 11.4 Å². The van der Waals surface area contributed by atoms with Gasteiger partial charge in [-0.1, -0.05) is 47.1 Å². The van der Waals surface area contributed by atoms with Gasteiger partial charge in [-0.3, -0.25) is 10.1 Å². The van der Waals surface area contributed by atoms with Gasteiger partial charge in [0.15, 0.2) is 0 Å². The molecule has 0 bridgehead atoms. The first-order valence-corrected chi connectivity index (χ1v) is 8.97. The number of nitro groups is 1. The Labute approximate surface area is 167 Å². The summed E-state index contributed by atoms with van der Waals surface area (Å²) in [5.41, 5.74) is 2.91. The van der Waals surface area contributed by atoms with Crippen LogP contribution in [0.25, 0.3) is 0 Å². The number of rotatable bonds is 7. The largest absolute Gasteiger partial charge is 0.411 e. The molecular weight excluding hydrogens is 378 g/mol. The molecule has 3 aromatic carbocycles. The van der Waals surface area contributed by atoms with Crippen molar-refractivity contribution < 1.29 is 10.1 Å². The monoisotopic (exact) mass is 395 g/mol. The first-order valence-electron chi connectivity index (χ1n) is 8.59. The summed E-state index contributed by atoms with van der Waals surface area (Å²) in [6.45, 7) is 0. The van der Waals surface area contributed by atoms with Crippen molar-refractivity contribution in [2.75, 3.05) is 5.32 Å². The second-order valence-corrected chi connectivity index (χ2v) is 6.61. The van der Waals surface area contributed by atoms with Gasteiger partial charge in [0.1, 0.15) is 0 Å². The number of nitrogens with zero attached hydrogens (tertiary/aromatic N) is 2. The molecule has 0 spiro atoms. The fourth-order valence-corrected chi connectivity index (χ4v) is 3.00. The van der Waals surface area contributed by atoms with E-state index in [0.29, 0.717) is 22.7 Å². The Morgan fingerprint density at radius 1 is 1.04 bits per heavy atom. The summed E-state index contributed by atoms with van der Waals surface area (Å²) in [6.07, 6.45) is 0.376. The Morgan fingerprint density at radius 2 is 1.68 bits per heavy atom. The third-order valence-corrected chi connectivity index (χ3v) is 4.57. The number of nitro benzene ring substituents is 1. The van der Waals surface area contributed by atoms with E-state index < -0.39 is 4.92 Å². The smallest absolute Gasteiger partial charge is 0.269 e. The molecule has 0 radical (unpaired) electrons. The molecule has 3 aromatic rings. The van der Waals surface area contributed by atoms with Gasteiger partial charge in [0.25, 0.3) is 5.69 Å². The zero-order chi connectivity index (χ0) is 19.9. The summed E-state index contributed by atoms with van der Waals surface area (Å²) in [4.78, 5) is 10.4. The van der Waals surface area contributed by atoms with Crippen molar-refractivity contribution in [2.24, 2.45) is 5.16 Å². The molecule has 0 heterocycles. The summed E-state index contributed by atoms with van der Waals surface area (Å²) in [5.74, 6) is 0. The average Bonchev–Trinajstić information content (AvgIpc) is 2.73. The molecule has 1 unspecified atom stereocenters. The number of oxime groups is 1. The van der Waals surface area contributed by atoms with Crippen molar-refractivity contribution in [3.63, 3.8) is 0 Å². The Kier molecular flexibility index (Phi) is 6.24. The summed E-state index contributed by atoms with van der Waals surface area (Å²) in [6, 6.07) is 22.9. The van der Waals surface area contributed by atoms with Crippen LogP contribution in [0.15, 0.2) is 84.0 Å². The van der Waals surface area contributed by atoms with E-state index in [4.69, 9.17) is 11.6 Å². The van der Waals surface area contributed by atoms with Crippen molar-refractivity contribution in [3.8, 4) is 0 Å². The van der Waals surface area contributed by atoms with Crippen LogP contribution in [0.2, 0.25) is 5.02 Å². The molecule has 3 rings (SSSR count). The lowest BCUT2D eigenvalue weighted by atomic mass is 9.97.